The summed E-state index contributed by atoms with van der Waals surface area (Å²) in [6.45, 7) is 0. The summed E-state index contributed by atoms with van der Waals surface area (Å²) < 4.78 is 0. The van der Waals surface area contributed by atoms with Crippen LogP contribution in [0.4, 0.5) is 4.79 Å². The standard InChI is InChI=1S/C28H32N2O2/c31-27(23-16-15-22-17-20-9-7-8-10-21(20)18-24(22)19-23)30(26-13-5-2-6-14-26)28(32)29-25-11-3-1-4-12-25/h7-10,15-19,25-26H,1-6,11-14H2,(H,29,32). The van der Waals surface area contributed by atoms with Crippen molar-refractivity contribution in [1.29, 1.82) is 0 Å². The van der Waals surface area contributed by atoms with E-state index in [4.69, 9.17) is 0 Å². The number of benzene rings is 3. The molecular weight excluding hydrogens is 396 g/mol. The molecule has 3 aromatic rings. The summed E-state index contributed by atoms with van der Waals surface area (Å²) in [5.74, 6) is -0.166. The Morgan fingerprint density at radius 2 is 1.28 bits per heavy atom. The molecule has 0 saturated heterocycles. The number of carbonyl (C=O) groups excluding carboxylic acids is 2. The van der Waals surface area contributed by atoms with Gasteiger partial charge < -0.3 is 5.32 Å². The minimum atomic E-state index is -0.201. The van der Waals surface area contributed by atoms with E-state index in [9.17, 15) is 9.59 Å². The normalized spacial score (nSPS) is 18.0. The van der Waals surface area contributed by atoms with Crippen molar-refractivity contribution in [3.05, 3.63) is 60.2 Å². The van der Waals surface area contributed by atoms with Crippen molar-refractivity contribution >= 4 is 33.5 Å². The molecule has 4 nitrogen and oxygen atoms in total. The predicted octanol–water partition coefficient (Wildman–Crippen LogP) is 6.81. The Morgan fingerprint density at radius 3 is 1.97 bits per heavy atom. The van der Waals surface area contributed by atoms with E-state index in [0.29, 0.717) is 5.56 Å². The number of nitrogens with zero attached hydrogens (tertiary/aromatic N) is 1. The number of fused-ring (bicyclic) bond motifs is 2. The number of amides is 3. The molecule has 0 aromatic heterocycles. The van der Waals surface area contributed by atoms with Crippen molar-refractivity contribution < 1.29 is 9.59 Å². The maximum Gasteiger partial charge on any atom is 0.324 e. The SMILES string of the molecule is O=C(NC1CCCCC1)N(C(=O)c1ccc2cc3ccccc3cc2c1)C1CCCCC1. The van der Waals surface area contributed by atoms with Gasteiger partial charge in [0.1, 0.15) is 0 Å². The molecule has 2 fully saturated rings. The lowest BCUT2D eigenvalue weighted by atomic mass is 9.93. The Morgan fingerprint density at radius 1 is 0.688 bits per heavy atom. The molecule has 0 radical (unpaired) electrons. The minimum Gasteiger partial charge on any atom is -0.335 e. The molecule has 2 aliphatic carbocycles. The topological polar surface area (TPSA) is 49.4 Å². The maximum atomic E-state index is 13.7. The predicted molar refractivity (Wildman–Crippen MR) is 130 cm³/mol. The van der Waals surface area contributed by atoms with Gasteiger partial charge in [0.05, 0.1) is 0 Å². The second-order valence-electron chi connectivity index (χ2n) is 9.51. The van der Waals surface area contributed by atoms with Crippen molar-refractivity contribution in [2.45, 2.75) is 76.3 Å². The van der Waals surface area contributed by atoms with Crippen LogP contribution in [0.1, 0.15) is 74.6 Å². The molecule has 2 aliphatic rings. The third kappa shape index (κ3) is 4.36. The van der Waals surface area contributed by atoms with Crippen LogP contribution in [-0.2, 0) is 0 Å². The third-order valence-electron chi connectivity index (χ3n) is 7.26. The second kappa shape index (κ2) is 9.32. The van der Waals surface area contributed by atoms with E-state index in [-0.39, 0.29) is 24.0 Å². The number of nitrogens with one attached hydrogen (secondary N) is 1. The summed E-state index contributed by atoms with van der Waals surface area (Å²) in [6.07, 6.45) is 10.7. The van der Waals surface area contributed by atoms with E-state index in [1.807, 2.05) is 30.3 Å². The first-order valence-corrected chi connectivity index (χ1v) is 12.3. The molecule has 1 N–H and O–H groups in total. The van der Waals surface area contributed by atoms with Gasteiger partial charge in [0.15, 0.2) is 0 Å². The maximum absolute atomic E-state index is 13.7. The second-order valence-corrected chi connectivity index (χ2v) is 9.51. The Kier molecular flexibility index (Phi) is 6.11. The van der Waals surface area contributed by atoms with Crippen molar-refractivity contribution in [3.63, 3.8) is 0 Å². The van der Waals surface area contributed by atoms with Crippen LogP contribution < -0.4 is 5.32 Å². The van der Waals surface area contributed by atoms with Crippen LogP contribution in [-0.4, -0.2) is 28.9 Å². The minimum absolute atomic E-state index is 0.00728. The van der Waals surface area contributed by atoms with Crippen molar-refractivity contribution in [2.24, 2.45) is 0 Å². The van der Waals surface area contributed by atoms with E-state index >= 15 is 0 Å². The lowest BCUT2D eigenvalue weighted by molar-refractivity contribution is 0.0702. The zero-order valence-corrected chi connectivity index (χ0v) is 18.7. The van der Waals surface area contributed by atoms with Crippen molar-refractivity contribution in [3.8, 4) is 0 Å². The van der Waals surface area contributed by atoms with Crippen LogP contribution in [0, 0.1) is 0 Å². The fourth-order valence-corrected chi connectivity index (χ4v) is 5.47. The van der Waals surface area contributed by atoms with Crippen LogP contribution in [0.5, 0.6) is 0 Å². The molecule has 32 heavy (non-hydrogen) atoms. The first kappa shape index (κ1) is 21.0. The number of rotatable bonds is 3. The lowest BCUT2D eigenvalue weighted by Gasteiger charge is -2.34. The molecule has 2 saturated carbocycles. The summed E-state index contributed by atoms with van der Waals surface area (Å²) in [4.78, 5) is 28.6. The molecule has 166 valence electrons. The van der Waals surface area contributed by atoms with Gasteiger partial charge in [0, 0.05) is 17.6 Å². The molecule has 0 aliphatic heterocycles. The highest BCUT2D eigenvalue weighted by molar-refractivity contribution is 6.07. The van der Waals surface area contributed by atoms with Crippen molar-refractivity contribution in [2.75, 3.05) is 0 Å². The third-order valence-corrected chi connectivity index (χ3v) is 7.26. The van der Waals surface area contributed by atoms with Gasteiger partial charge in [-0.05, 0) is 71.5 Å². The highest BCUT2D eigenvalue weighted by Crippen LogP contribution is 2.28. The smallest absolute Gasteiger partial charge is 0.324 e. The zero-order chi connectivity index (χ0) is 21.9. The van der Waals surface area contributed by atoms with Gasteiger partial charge in [0.25, 0.3) is 5.91 Å². The Bertz CT molecular complexity index is 1130. The molecular formula is C28H32N2O2. The fraction of sp³-hybridized carbons (Fsp3) is 0.429. The van der Waals surface area contributed by atoms with Crippen LogP contribution in [0.2, 0.25) is 0 Å². The number of carbonyl (C=O) groups is 2. The quantitative estimate of drug-likeness (QED) is 0.466. The summed E-state index contributed by atoms with van der Waals surface area (Å²) in [5.41, 5.74) is 0.595. The van der Waals surface area contributed by atoms with Crippen molar-refractivity contribution in [1.82, 2.24) is 10.2 Å². The fourth-order valence-electron chi connectivity index (χ4n) is 5.47. The highest BCUT2D eigenvalue weighted by Gasteiger charge is 2.33. The summed E-state index contributed by atoms with van der Waals surface area (Å²) in [6, 6.07) is 18.4. The Hall–Kier alpha value is -2.88. The first-order chi connectivity index (χ1) is 15.7. The molecule has 3 aromatic carbocycles. The molecule has 5 rings (SSSR count). The molecule has 0 bridgehead atoms. The van der Waals surface area contributed by atoms with E-state index in [1.54, 1.807) is 4.90 Å². The average Bonchev–Trinajstić information content (AvgIpc) is 2.83. The number of urea groups is 1. The summed E-state index contributed by atoms with van der Waals surface area (Å²) >= 11 is 0. The number of hydrogen-bond donors (Lipinski definition) is 1. The van der Waals surface area contributed by atoms with Gasteiger partial charge in [0.2, 0.25) is 0 Å². The number of hydrogen-bond acceptors (Lipinski definition) is 2. The van der Waals surface area contributed by atoms with Gasteiger partial charge >= 0.3 is 6.03 Å². The number of imide groups is 1. The molecule has 4 heteroatoms. The molecule has 0 unspecified atom stereocenters. The lowest BCUT2D eigenvalue weighted by Crippen LogP contribution is -2.52. The molecule has 0 heterocycles. The van der Waals surface area contributed by atoms with Crippen LogP contribution in [0.3, 0.4) is 0 Å². The van der Waals surface area contributed by atoms with E-state index in [1.165, 1.54) is 18.2 Å². The van der Waals surface area contributed by atoms with Crippen LogP contribution in [0.15, 0.2) is 54.6 Å². The van der Waals surface area contributed by atoms with E-state index in [0.717, 1.165) is 67.5 Å². The van der Waals surface area contributed by atoms with Crippen LogP contribution >= 0.6 is 0 Å². The monoisotopic (exact) mass is 428 g/mol. The first-order valence-electron chi connectivity index (χ1n) is 12.3. The van der Waals surface area contributed by atoms with Gasteiger partial charge in [-0.15, -0.1) is 0 Å². The van der Waals surface area contributed by atoms with E-state index < -0.39 is 0 Å². The summed E-state index contributed by atoms with van der Waals surface area (Å²) in [7, 11) is 0. The largest absolute Gasteiger partial charge is 0.335 e. The van der Waals surface area contributed by atoms with Crippen LogP contribution in [0.25, 0.3) is 21.5 Å². The summed E-state index contributed by atoms with van der Waals surface area (Å²) in [5, 5.41) is 7.68. The van der Waals surface area contributed by atoms with Gasteiger partial charge in [-0.1, -0.05) is 68.9 Å². The zero-order valence-electron chi connectivity index (χ0n) is 18.7. The average molecular weight is 429 g/mol. The molecule has 0 atom stereocenters. The van der Waals surface area contributed by atoms with Gasteiger partial charge in [-0.3, -0.25) is 9.69 Å². The van der Waals surface area contributed by atoms with Gasteiger partial charge in [-0.2, -0.15) is 0 Å². The Labute approximate surface area is 190 Å². The molecule has 3 amide bonds. The highest BCUT2D eigenvalue weighted by atomic mass is 16.2. The Balaban J connectivity index is 1.45. The van der Waals surface area contributed by atoms with Gasteiger partial charge in [-0.25, -0.2) is 4.79 Å². The molecule has 0 spiro atoms. The van der Waals surface area contributed by atoms with E-state index in [2.05, 4.69) is 29.6 Å².